The van der Waals surface area contributed by atoms with E-state index in [1.807, 2.05) is 0 Å². The third-order valence-corrected chi connectivity index (χ3v) is 4.83. The molecule has 3 N–H and O–H groups in total. The van der Waals surface area contributed by atoms with Crippen LogP contribution in [0, 0.1) is 22.7 Å². The zero-order chi connectivity index (χ0) is 14.5. The van der Waals surface area contributed by atoms with Gasteiger partial charge in [0.25, 0.3) is 0 Å². The molecule has 0 aromatic rings. The minimum Gasteiger partial charge on any atom is -0.387 e. The highest BCUT2D eigenvalue weighted by Crippen LogP contribution is 2.25. The van der Waals surface area contributed by atoms with Gasteiger partial charge in [0.1, 0.15) is 0 Å². The Hall–Kier alpha value is -0.570. The van der Waals surface area contributed by atoms with E-state index < -0.39 is 0 Å². The summed E-state index contributed by atoms with van der Waals surface area (Å²) in [5, 5.41) is 7.56. The number of nitrogens with one attached hydrogen (secondary N) is 1. The molecule has 112 valence electrons. The maximum atomic E-state index is 7.56. The number of nitrogens with two attached hydrogens (primary N) is 1. The van der Waals surface area contributed by atoms with Crippen LogP contribution >= 0.6 is 0 Å². The maximum Gasteiger partial charge on any atom is 0.0963 e. The van der Waals surface area contributed by atoms with Crippen LogP contribution in [0.25, 0.3) is 0 Å². The average molecular weight is 267 g/mol. The Kier molecular flexibility index (Phi) is 6.31. The maximum absolute atomic E-state index is 7.56. The molecule has 1 fully saturated rings. The van der Waals surface area contributed by atoms with E-state index in [4.69, 9.17) is 11.1 Å². The Balaban J connectivity index is 2.13. The van der Waals surface area contributed by atoms with E-state index in [2.05, 4.69) is 32.6 Å². The van der Waals surface area contributed by atoms with E-state index in [-0.39, 0.29) is 5.41 Å². The molecule has 1 saturated heterocycles. The van der Waals surface area contributed by atoms with Crippen LogP contribution in [0.5, 0.6) is 0 Å². The van der Waals surface area contributed by atoms with Crippen molar-refractivity contribution >= 4 is 5.84 Å². The summed E-state index contributed by atoms with van der Waals surface area (Å²) in [7, 11) is 0. The Labute approximate surface area is 119 Å². The largest absolute Gasteiger partial charge is 0.387 e. The Morgan fingerprint density at radius 1 is 1.26 bits per heavy atom. The lowest BCUT2D eigenvalue weighted by atomic mass is 9.85. The molecule has 1 aliphatic rings. The molecule has 0 saturated carbocycles. The molecule has 0 bridgehead atoms. The van der Waals surface area contributed by atoms with Crippen LogP contribution in [0.1, 0.15) is 59.8 Å². The highest BCUT2D eigenvalue weighted by molar-refractivity contribution is 5.82. The predicted molar refractivity (Wildman–Crippen MR) is 83.5 cm³/mol. The molecule has 0 amide bonds. The number of rotatable bonds is 7. The van der Waals surface area contributed by atoms with Crippen LogP contribution in [-0.4, -0.2) is 30.4 Å². The highest BCUT2D eigenvalue weighted by Gasteiger charge is 2.22. The summed E-state index contributed by atoms with van der Waals surface area (Å²) in [6.45, 7) is 12.6. The monoisotopic (exact) mass is 267 g/mol. The van der Waals surface area contributed by atoms with Crippen LogP contribution in [0.3, 0.4) is 0 Å². The molecule has 0 aromatic heterocycles. The number of hydrogen-bond donors (Lipinski definition) is 2. The highest BCUT2D eigenvalue weighted by atomic mass is 15.1. The molecule has 1 heterocycles. The molecule has 0 unspecified atom stereocenters. The van der Waals surface area contributed by atoms with E-state index in [9.17, 15) is 0 Å². The van der Waals surface area contributed by atoms with Crippen LogP contribution in [0.2, 0.25) is 0 Å². The summed E-state index contributed by atoms with van der Waals surface area (Å²) in [4.78, 5) is 2.61. The first kappa shape index (κ1) is 16.5. The second kappa shape index (κ2) is 7.28. The van der Waals surface area contributed by atoms with Crippen LogP contribution < -0.4 is 5.73 Å². The van der Waals surface area contributed by atoms with Gasteiger partial charge < -0.3 is 10.6 Å². The van der Waals surface area contributed by atoms with Crippen molar-refractivity contribution in [2.75, 3.05) is 19.6 Å². The third kappa shape index (κ3) is 5.52. The van der Waals surface area contributed by atoms with Gasteiger partial charge in [0.15, 0.2) is 0 Å². The van der Waals surface area contributed by atoms with E-state index >= 15 is 0 Å². The second-order valence-electron chi connectivity index (χ2n) is 7.18. The van der Waals surface area contributed by atoms with Gasteiger partial charge in [-0.05, 0) is 57.2 Å². The van der Waals surface area contributed by atoms with E-state index in [1.54, 1.807) is 0 Å². The zero-order valence-corrected chi connectivity index (χ0v) is 13.3. The van der Waals surface area contributed by atoms with Gasteiger partial charge in [-0.3, -0.25) is 5.41 Å². The fourth-order valence-corrected chi connectivity index (χ4v) is 2.88. The Morgan fingerprint density at radius 2 is 1.84 bits per heavy atom. The van der Waals surface area contributed by atoms with Gasteiger partial charge in [0.2, 0.25) is 0 Å². The van der Waals surface area contributed by atoms with Crippen molar-refractivity contribution in [1.82, 2.24) is 4.90 Å². The predicted octanol–water partition coefficient (Wildman–Crippen LogP) is 3.49. The Bertz CT molecular complexity index is 276. The number of piperidine rings is 1. The van der Waals surface area contributed by atoms with Gasteiger partial charge in [-0.15, -0.1) is 0 Å². The first-order valence-electron chi connectivity index (χ1n) is 7.90. The van der Waals surface area contributed by atoms with E-state index in [0.717, 1.165) is 18.3 Å². The molecular weight excluding hydrogens is 234 g/mol. The van der Waals surface area contributed by atoms with Crippen LogP contribution in [-0.2, 0) is 0 Å². The normalized spacial score (nSPS) is 19.0. The van der Waals surface area contributed by atoms with E-state index in [1.165, 1.54) is 45.3 Å². The van der Waals surface area contributed by atoms with Crippen molar-refractivity contribution in [3.8, 4) is 0 Å². The minimum absolute atomic E-state index is 0.120. The minimum atomic E-state index is -0.120. The van der Waals surface area contributed by atoms with Gasteiger partial charge >= 0.3 is 0 Å². The molecule has 0 aliphatic carbocycles. The van der Waals surface area contributed by atoms with Gasteiger partial charge in [-0.1, -0.05) is 34.1 Å². The quantitative estimate of drug-likeness (QED) is 0.421. The molecule has 19 heavy (non-hydrogen) atoms. The van der Waals surface area contributed by atoms with Gasteiger partial charge in [0, 0.05) is 5.41 Å². The Morgan fingerprint density at radius 3 is 2.32 bits per heavy atom. The van der Waals surface area contributed by atoms with Crippen LogP contribution in [0.15, 0.2) is 0 Å². The smallest absolute Gasteiger partial charge is 0.0963 e. The fraction of sp³-hybridized carbons (Fsp3) is 0.938. The molecule has 0 aromatic carbocycles. The summed E-state index contributed by atoms with van der Waals surface area (Å²) in [5.74, 6) is 2.11. The average Bonchev–Trinajstić information content (AvgIpc) is 2.35. The van der Waals surface area contributed by atoms with Crippen molar-refractivity contribution in [3.05, 3.63) is 0 Å². The van der Waals surface area contributed by atoms with Crippen molar-refractivity contribution in [1.29, 1.82) is 5.41 Å². The second-order valence-corrected chi connectivity index (χ2v) is 7.18. The first-order valence-corrected chi connectivity index (χ1v) is 7.90. The van der Waals surface area contributed by atoms with Crippen molar-refractivity contribution in [2.24, 2.45) is 23.0 Å². The number of hydrogen-bond acceptors (Lipinski definition) is 2. The summed E-state index contributed by atoms with van der Waals surface area (Å²) in [6, 6.07) is 0. The van der Waals surface area contributed by atoms with Crippen molar-refractivity contribution in [3.63, 3.8) is 0 Å². The van der Waals surface area contributed by atoms with E-state index in [0.29, 0.717) is 5.84 Å². The zero-order valence-electron chi connectivity index (χ0n) is 13.3. The molecule has 0 radical (unpaired) electrons. The van der Waals surface area contributed by atoms with Crippen molar-refractivity contribution in [2.45, 2.75) is 59.8 Å². The molecule has 1 rings (SSSR count). The lowest BCUT2D eigenvalue weighted by Crippen LogP contribution is -2.36. The summed E-state index contributed by atoms with van der Waals surface area (Å²) in [6.07, 6.45) is 6.19. The molecule has 3 heteroatoms. The topological polar surface area (TPSA) is 53.1 Å². The standard InChI is InChI=1S/C16H33N3/c1-13(2)14-7-11-19(12-8-14)10-6-5-9-16(3,4)15(17)18/h13-14H,5-12H2,1-4H3,(H3,17,18). The molecular formula is C16H33N3. The fourth-order valence-electron chi connectivity index (χ4n) is 2.88. The lowest BCUT2D eigenvalue weighted by molar-refractivity contribution is 0.155. The number of nitrogens with zero attached hydrogens (tertiary/aromatic N) is 1. The molecule has 1 aliphatic heterocycles. The summed E-state index contributed by atoms with van der Waals surface area (Å²) >= 11 is 0. The van der Waals surface area contributed by atoms with Crippen LogP contribution in [0.4, 0.5) is 0 Å². The van der Waals surface area contributed by atoms with Gasteiger partial charge in [0.05, 0.1) is 5.84 Å². The number of likely N-dealkylation sites (tertiary alicyclic amines) is 1. The number of unbranched alkanes of at least 4 members (excludes halogenated alkanes) is 1. The first-order chi connectivity index (χ1) is 8.83. The van der Waals surface area contributed by atoms with Gasteiger partial charge in [-0.2, -0.15) is 0 Å². The number of amidine groups is 1. The van der Waals surface area contributed by atoms with Crippen molar-refractivity contribution < 1.29 is 0 Å². The summed E-state index contributed by atoms with van der Waals surface area (Å²) in [5.41, 5.74) is 5.49. The van der Waals surface area contributed by atoms with Gasteiger partial charge in [-0.25, -0.2) is 0 Å². The molecule has 3 nitrogen and oxygen atoms in total. The SMILES string of the molecule is CC(C)C1CCN(CCCCC(C)(C)C(=N)N)CC1. The lowest BCUT2D eigenvalue weighted by Gasteiger charge is -2.34. The summed E-state index contributed by atoms with van der Waals surface area (Å²) < 4.78 is 0. The third-order valence-electron chi connectivity index (χ3n) is 4.83. The molecule has 0 atom stereocenters. The molecule has 0 spiro atoms.